The molecule has 4 N–H and O–H groups in total. The maximum atomic E-state index is 11.8. The lowest BCUT2D eigenvalue weighted by Crippen LogP contribution is -2.08. The zero-order valence-electron chi connectivity index (χ0n) is 21.4. The lowest BCUT2D eigenvalue weighted by atomic mass is 9.93. The van der Waals surface area contributed by atoms with Crippen LogP contribution < -0.4 is 10.6 Å². The number of aromatic hydroxyl groups is 2. The van der Waals surface area contributed by atoms with Gasteiger partial charge in [-0.05, 0) is 59.4 Å². The molecular formula is C32H30N2O4. The first-order valence-corrected chi connectivity index (χ1v) is 12.3. The summed E-state index contributed by atoms with van der Waals surface area (Å²) in [5.41, 5.74) is 6.15. The lowest BCUT2D eigenvalue weighted by Gasteiger charge is -2.17. The normalized spacial score (nSPS) is 10.6. The van der Waals surface area contributed by atoms with Gasteiger partial charge in [-0.2, -0.15) is 0 Å². The van der Waals surface area contributed by atoms with Gasteiger partial charge in [-0.1, -0.05) is 72.8 Å². The quantitative estimate of drug-likeness (QED) is 0.158. The summed E-state index contributed by atoms with van der Waals surface area (Å²) in [7, 11) is 0. The van der Waals surface area contributed by atoms with E-state index in [0.717, 1.165) is 27.8 Å². The van der Waals surface area contributed by atoms with Crippen molar-refractivity contribution in [3.8, 4) is 33.8 Å². The fraction of sp³-hybridized carbons (Fsp3) is 0.125. The van der Waals surface area contributed by atoms with Gasteiger partial charge in [0.15, 0.2) is 0 Å². The second-order valence-corrected chi connectivity index (χ2v) is 9.26. The Morgan fingerprint density at radius 1 is 0.632 bits per heavy atom. The van der Waals surface area contributed by atoms with E-state index in [1.165, 1.54) is 13.8 Å². The molecule has 0 bridgehead atoms. The van der Waals surface area contributed by atoms with E-state index >= 15 is 0 Å². The van der Waals surface area contributed by atoms with Crippen molar-refractivity contribution >= 4 is 23.2 Å². The van der Waals surface area contributed by atoms with Crippen molar-refractivity contribution in [2.45, 2.75) is 26.7 Å². The van der Waals surface area contributed by atoms with Crippen LogP contribution in [0.15, 0.2) is 97.1 Å². The average Bonchev–Trinajstić information content (AvgIpc) is 2.89. The van der Waals surface area contributed by atoms with Crippen molar-refractivity contribution in [3.63, 3.8) is 0 Å². The molecule has 0 aliphatic rings. The molecule has 0 unspecified atom stereocenters. The van der Waals surface area contributed by atoms with Gasteiger partial charge in [-0.25, -0.2) is 0 Å². The van der Waals surface area contributed by atoms with Gasteiger partial charge in [0.2, 0.25) is 11.8 Å². The molecule has 4 rings (SSSR count). The van der Waals surface area contributed by atoms with E-state index in [0.29, 0.717) is 35.3 Å². The van der Waals surface area contributed by atoms with Gasteiger partial charge in [-0.15, -0.1) is 0 Å². The third-order valence-corrected chi connectivity index (χ3v) is 6.09. The van der Waals surface area contributed by atoms with Gasteiger partial charge in [0.05, 0.1) is 11.4 Å². The molecule has 6 nitrogen and oxygen atoms in total. The number of allylic oxidation sites excluding steroid dienone is 1. The minimum atomic E-state index is -0.288. The van der Waals surface area contributed by atoms with E-state index in [-0.39, 0.29) is 23.3 Å². The number of phenolic OH excluding ortho intramolecular Hbond substituents is 2. The lowest BCUT2D eigenvalue weighted by molar-refractivity contribution is -0.115. The van der Waals surface area contributed by atoms with Gasteiger partial charge in [-0.3, -0.25) is 9.59 Å². The number of phenols is 2. The first-order valence-electron chi connectivity index (χ1n) is 12.3. The van der Waals surface area contributed by atoms with E-state index in [4.69, 9.17) is 0 Å². The van der Waals surface area contributed by atoms with Gasteiger partial charge in [0, 0.05) is 25.0 Å². The molecule has 2 amide bonds. The summed E-state index contributed by atoms with van der Waals surface area (Å²) in [6, 6.07) is 26.6. The first-order chi connectivity index (χ1) is 18.2. The summed E-state index contributed by atoms with van der Waals surface area (Å²) in [6.07, 6.45) is 0.618. The fourth-order valence-electron chi connectivity index (χ4n) is 4.42. The van der Waals surface area contributed by atoms with E-state index in [9.17, 15) is 19.8 Å². The number of carbonyl (C=O) groups is 2. The predicted octanol–water partition coefficient (Wildman–Crippen LogP) is 6.69. The number of anilines is 2. The summed E-state index contributed by atoms with van der Waals surface area (Å²) in [4.78, 5) is 23.6. The maximum absolute atomic E-state index is 11.8. The van der Waals surface area contributed by atoms with Crippen molar-refractivity contribution in [1.82, 2.24) is 0 Å². The third kappa shape index (κ3) is 6.28. The highest BCUT2D eigenvalue weighted by atomic mass is 16.3. The van der Waals surface area contributed by atoms with E-state index < -0.39 is 0 Å². The van der Waals surface area contributed by atoms with Crippen molar-refractivity contribution in [2.75, 3.05) is 10.6 Å². The number of hydrogen-bond donors (Lipinski definition) is 4. The summed E-state index contributed by atoms with van der Waals surface area (Å²) >= 11 is 0. The third-order valence-electron chi connectivity index (χ3n) is 6.09. The number of benzene rings is 4. The molecule has 38 heavy (non-hydrogen) atoms. The van der Waals surface area contributed by atoms with Crippen LogP contribution in [0.5, 0.6) is 11.5 Å². The number of amides is 2. The van der Waals surface area contributed by atoms with Crippen molar-refractivity contribution < 1.29 is 19.8 Å². The van der Waals surface area contributed by atoms with Crippen LogP contribution >= 0.6 is 0 Å². The Hall–Kier alpha value is -4.84. The van der Waals surface area contributed by atoms with Crippen LogP contribution in [0.3, 0.4) is 0 Å². The van der Waals surface area contributed by atoms with Crippen LogP contribution in [-0.4, -0.2) is 22.0 Å². The zero-order valence-corrected chi connectivity index (χ0v) is 21.4. The van der Waals surface area contributed by atoms with Crippen LogP contribution in [0.1, 0.15) is 25.0 Å². The number of nitrogens with one attached hydrogen (secondary N) is 2. The molecular weight excluding hydrogens is 476 g/mol. The summed E-state index contributed by atoms with van der Waals surface area (Å²) in [6.45, 7) is 7.00. The molecule has 0 fully saturated rings. The first kappa shape index (κ1) is 26.2. The number of hydrogen-bond acceptors (Lipinski definition) is 4. The van der Waals surface area contributed by atoms with Gasteiger partial charge in [0.25, 0.3) is 0 Å². The Morgan fingerprint density at radius 3 is 1.34 bits per heavy atom. The summed E-state index contributed by atoms with van der Waals surface area (Å²) < 4.78 is 0. The molecule has 0 heterocycles. The topological polar surface area (TPSA) is 98.7 Å². The van der Waals surface area contributed by atoms with Crippen LogP contribution in [-0.2, 0) is 22.4 Å². The van der Waals surface area contributed by atoms with Crippen molar-refractivity contribution in [3.05, 3.63) is 108 Å². The molecule has 0 atom stereocenters. The van der Waals surface area contributed by atoms with Crippen LogP contribution in [0.2, 0.25) is 0 Å². The van der Waals surface area contributed by atoms with Crippen LogP contribution in [0.25, 0.3) is 22.3 Å². The molecule has 0 aliphatic carbocycles. The average molecular weight is 507 g/mol. The Kier molecular flexibility index (Phi) is 7.92. The Bertz CT molecular complexity index is 1380. The second-order valence-electron chi connectivity index (χ2n) is 9.26. The standard InChI is InChI=1S/C32H30N2O4/c1-20(14-27-16-25(23-10-6-4-7-11-23)18-29(31(27)37)33-21(2)35)15-28-17-26(24-12-8-5-9-13-24)19-30(32(28)38)34-22(3)36/h4-13,16-19,37-38H,1,14-15H2,2-3H3,(H,33,35)(H,34,36). The largest absolute Gasteiger partial charge is 0.505 e. The van der Waals surface area contributed by atoms with E-state index in [1.807, 2.05) is 72.8 Å². The van der Waals surface area contributed by atoms with Crippen molar-refractivity contribution in [1.29, 1.82) is 0 Å². The van der Waals surface area contributed by atoms with Gasteiger partial charge < -0.3 is 20.8 Å². The van der Waals surface area contributed by atoms with Crippen molar-refractivity contribution in [2.24, 2.45) is 0 Å². The Morgan fingerprint density at radius 2 is 1.00 bits per heavy atom. The molecule has 0 saturated heterocycles. The molecule has 0 aliphatic heterocycles. The summed E-state index contributed by atoms with van der Waals surface area (Å²) in [5, 5.41) is 27.3. The minimum absolute atomic E-state index is 0.0257. The van der Waals surface area contributed by atoms with E-state index in [1.54, 1.807) is 12.1 Å². The molecule has 6 heteroatoms. The smallest absolute Gasteiger partial charge is 0.221 e. The van der Waals surface area contributed by atoms with Crippen LogP contribution in [0, 0.1) is 0 Å². The highest BCUT2D eigenvalue weighted by Crippen LogP contribution is 2.38. The molecule has 0 spiro atoms. The zero-order chi connectivity index (χ0) is 27.2. The monoisotopic (exact) mass is 506 g/mol. The predicted molar refractivity (Wildman–Crippen MR) is 152 cm³/mol. The highest BCUT2D eigenvalue weighted by Gasteiger charge is 2.17. The second kappa shape index (κ2) is 11.5. The molecule has 0 aromatic heterocycles. The molecule has 0 saturated carbocycles. The van der Waals surface area contributed by atoms with E-state index in [2.05, 4.69) is 17.2 Å². The molecule has 4 aromatic rings. The molecule has 0 radical (unpaired) electrons. The van der Waals surface area contributed by atoms with Gasteiger partial charge in [0.1, 0.15) is 11.5 Å². The fourth-order valence-corrected chi connectivity index (χ4v) is 4.42. The van der Waals surface area contributed by atoms with Crippen LogP contribution in [0.4, 0.5) is 11.4 Å². The maximum Gasteiger partial charge on any atom is 0.221 e. The minimum Gasteiger partial charge on any atom is -0.505 e. The highest BCUT2D eigenvalue weighted by molar-refractivity contribution is 5.93. The summed E-state index contributed by atoms with van der Waals surface area (Å²) in [5.74, 6) is -0.628. The molecule has 4 aromatic carbocycles. The number of carbonyl (C=O) groups excluding carboxylic acids is 2. The Balaban J connectivity index is 1.69. The molecule has 192 valence electrons. The Labute approximate surface area is 222 Å². The van der Waals surface area contributed by atoms with Gasteiger partial charge >= 0.3 is 0 Å². The number of rotatable bonds is 8. The SMILES string of the molecule is C=C(Cc1cc(-c2ccccc2)cc(NC(C)=O)c1O)Cc1cc(-c2ccccc2)cc(NC(C)=O)c1O.